The van der Waals surface area contributed by atoms with Gasteiger partial charge in [-0.1, -0.05) is 43.7 Å². The first-order valence-electron chi connectivity index (χ1n) is 10.1. The molecule has 2 aromatic rings. The fourth-order valence-electron chi connectivity index (χ4n) is 3.41. The van der Waals surface area contributed by atoms with E-state index in [0.717, 1.165) is 31.2 Å². The quantitative estimate of drug-likeness (QED) is 0.744. The monoisotopic (exact) mass is 416 g/mol. The van der Waals surface area contributed by atoms with Crippen molar-refractivity contribution in [2.75, 3.05) is 19.6 Å². The van der Waals surface area contributed by atoms with Crippen molar-refractivity contribution < 1.29 is 17.9 Å². The highest BCUT2D eigenvalue weighted by Crippen LogP contribution is 2.20. The SMILES string of the molecule is CCCc1ccc(S(=O)(=O)NCC2CCN(C(=O)Oc3ccccc3)CC2)cc1. The highest BCUT2D eigenvalue weighted by molar-refractivity contribution is 7.89. The fraction of sp³-hybridized carbons (Fsp3) is 0.409. The lowest BCUT2D eigenvalue weighted by Crippen LogP contribution is -2.42. The second kappa shape index (κ2) is 9.89. The van der Waals surface area contributed by atoms with Crippen LogP contribution in [0.15, 0.2) is 59.5 Å². The average Bonchev–Trinajstić information content (AvgIpc) is 2.74. The zero-order chi connectivity index (χ0) is 20.7. The van der Waals surface area contributed by atoms with Crippen LogP contribution in [0.1, 0.15) is 31.7 Å². The maximum atomic E-state index is 12.5. The van der Waals surface area contributed by atoms with Crippen molar-refractivity contribution in [2.24, 2.45) is 5.92 Å². The van der Waals surface area contributed by atoms with E-state index < -0.39 is 10.0 Å². The van der Waals surface area contributed by atoms with Crippen LogP contribution in [-0.2, 0) is 16.4 Å². The van der Waals surface area contributed by atoms with E-state index in [1.807, 2.05) is 30.3 Å². The minimum atomic E-state index is -3.52. The summed E-state index contributed by atoms with van der Waals surface area (Å²) in [6.07, 6.45) is 3.09. The number of nitrogens with zero attached hydrogens (tertiary/aromatic N) is 1. The summed E-state index contributed by atoms with van der Waals surface area (Å²) < 4.78 is 33.1. The van der Waals surface area contributed by atoms with Gasteiger partial charge in [0.2, 0.25) is 10.0 Å². The number of sulfonamides is 1. The van der Waals surface area contributed by atoms with Gasteiger partial charge in [-0.25, -0.2) is 17.9 Å². The van der Waals surface area contributed by atoms with Crippen molar-refractivity contribution >= 4 is 16.1 Å². The van der Waals surface area contributed by atoms with E-state index in [-0.39, 0.29) is 12.0 Å². The van der Waals surface area contributed by atoms with Gasteiger partial charge in [-0.2, -0.15) is 0 Å². The number of aryl methyl sites for hydroxylation is 1. The molecule has 29 heavy (non-hydrogen) atoms. The molecule has 1 aliphatic heterocycles. The van der Waals surface area contributed by atoms with Crippen LogP contribution in [0.4, 0.5) is 4.79 Å². The lowest BCUT2D eigenvalue weighted by atomic mass is 9.97. The summed E-state index contributed by atoms with van der Waals surface area (Å²) in [6.45, 7) is 3.59. The molecule has 156 valence electrons. The van der Waals surface area contributed by atoms with E-state index >= 15 is 0 Å². The number of ether oxygens (including phenoxy) is 1. The van der Waals surface area contributed by atoms with Crippen molar-refractivity contribution in [2.45, 2.75) is 37.5 Å². The highest BCUT2D eigenvalue weighted by atomic mass is 32.2. The predicted molar refractivity (Wildman–Crippen MR) is 112 cm³/mol. The number of carbonyl (C=O) groups is 1. The van der Waals surface area contributed by atoms with Crippen LogP contribution in [-0.4, -0.2) is 39.0 Å². The van der Waals surface area contributed by atoms with Crippen LogP contribution in [0.25, 0.3) is 0 Å². The Morgan fingerprint density at radius 1 is 1.07 bits per heavy atom. The van der Waals surface area contributed by atoms with Crippen LogP contribution < -0.4 is 9.46 Å². The standard InChI is InChI=1S/C22H28N2O4S/c1-2-6-18-9-11-21(12-10-18)29(26,27)23-17-19-13-15-24(16-14-19)22(25)28-20-7-4-3-5-8-20/h3-5,7-12,19,23H,2,6,13-17H2,1H3. The van der Waals surface area contributed by atoms with Crippen molar-refractivity contribution in [3.63, 3.8) is 0 Å². The highest BCUT2D eigenvalue weighted by Gasteiger charge is 2.25. The molecule has 1 aliphatic rings. The molecule has 0 radical (unpaired) electrons. The summed E-state index contributed by atoms with van der Waals surface area (Å²) in [7, 11) is -3.52. The second-order valence-electron chi connectivity index (χ2n) is 7.36. The number of hydrogen-bond acceptors (Lipinski definition) is 4. The van der Waals surface area contributed by atoms with Gasteiger partial charge in [-0.05, 0) is 55.0 Å². The van der Waals surface area contributed by atoms with Gasteiger partial charge < -0.3 is 9.64 Å². The van der Waals surface area contributed by atoms with Crippen LogP contribution in [0.2, 0.25) is 0 Å². The van der Waals surface area contributed by atoms with Crippen LogP contribution in [0.5, 0.6) is 5.75 Å². The molecule has 1 fully saturated rings. The number of likely N-dealkylation sites (tertiary alicyclic amines) is 1. The number of carbonyl (C=O) groups excluding carboxylic acids is 1. The van der Waals surface area contributed by atoms with Crippen LogP contribution in [0, 0.1) is 5.92 Å². The number of benzene rings is 2. The second-order valence-corrected chi connectivity index (χ2v) is 9.12. The third kappa shape index (κ3) is 6.05. The van der Waals surface area contributed by atoms with E-state index in [2.05, 4.69) is 11.6 Å². The Morgan fingerprint density at radius 3 is 2.34 bits per heavy atom. The third-order valence-corrected chi connectivity index (χ3v) is 6.59. The van der Waals surface area contributed by atoms with Crippen molar-refractivity contribution in [1.29, 1.82) is 0 Å². The summed E-state index contributed by atoms with van der Waals surface area (Å²) in [5, 5.41) is 0. The lowest BCUT2D eigenvalue weighted by Gasteiger charge is -2.31. The van der Waals surface area contributed by atoms with Gasteiger partial charge in [0.25, 0.3) is 0 Å². The van der Waals surface area contributed by atoms with Gasteiger partial charge in [0.05, 0.1) is 4.90 Å². The van der Waals surface area contributed by atoms with Crippen molar-refractivity contribution in [3.8, 4) is 5.75 Å². The molecule has 1 saturated heterocycles. The normalized spacial score (nSPS) is 15.3. The average molecular weight is 417 g/mol. The Labute approximate surface area is 172 Å². The molecule has 7 heteroatoms. The van der Waals surface area contributed by atoms with Gasteiger partial charge in [-0.15, -0.1) is 0 Å². The molecule has 0 aliphatic carbocycles. The predicted octanol–water partition coefficient (Wildman–Crippen LogP) is 3.83. The van der Waals surface area contributed by atoms with Gasteiger partial charge in [-0.3, -0.25) is 0 Å². The first-order valence-corrected chi connectivity index (χ1v) is 11.6. The van der Waals surface area contributed by atoms with Crippen molar-refractivity contribution in [1.82, 2.24) is 9.62 Å². The molecule has 0 aromatic heterocycles. The van der Waals surface area contributed by atoms with Gasteiger partial charge in [0, 0.05) is 19.6 Å². The largest absolute Gasteiger partial charge is 0.415 e. The molecule has 1 amide bonds. The van der Waals surface area contributed by atoms with Gasteiger partial charge in [0.15, 0.2) is 0 Å². The molecule has 6 nitrogen and oxygen atoms in total. The number of piperidine rings is 1. The van der Waals surface area contributed by atoms with Gasteiger partial charge in [0.1, 0.15) is 5.75 Å². The maximum Gasteiger partial charge on any atom is 0.415 e. The fourth-order valence-corrected chi connectivity index (χ4v) is 4.52. The Morgan fingerprint density at radius 2 is 1.72 bits per heavy atom. The summed E-state index contributed by atoms with van der Waals surface area (Å²) in [5.74, 6) is 0.724. The van der Waals surface area contributed by atoms with E-state index in [4.69, 9.17) is 4.74 Å². The molecule has 2 aromatic carbocycles. The number of rotatable bonds is 7. The summed E-state index contributed by atoms with van der Waals surface area (Å²) in [6, 6.07) is 16.1. The zero-order valence-electron chi connectivity index (χ0n) is 16.7. The molecule has 0 atom stereocenters. The molecule has 0 saturated carbocycles. The Bertz CT molecular complexity index is 890. The van der Waals surface area contributed by atoms with E-state index in [1.165, 1.54) is 0 Å². The topological polar surface area (TPSA) is 75.7 Å². The first kappa shape index (κ1) is 21.3. The molecular weight excluding hydrogens is 388 g/mol. The smallest absolute Gasteiger partial charge is 0.410 e. The molecule has 0 spiro atoms. The maximum absolute atomic E-state index is 12.5. The molecule has 1 N–H and O–H groups in total. The molecular formula is C22H28N2O4S. The number of para-hydroxylation sites is 1. The van der Waals surface area contributed by atoms with Gasteiger partial charge >= 0.3 is 6.09 Å². The van der Waals surface area contributed by atoms with Crippen LogP contribution >= 0.6 is 0 Å². The Kier molecular flexibility index (Phi) is 7.28. The van der Waals surface area contributed by atoms with E-state index in [0.29, 0.717) is 30.3 Å². The number of amides is 1. The minimum Gasteiger partial charge on any atom is -0.410 e. The summed E-state index contributed by atoms with van der Waals surface area (Å²) in [4.78, 5) is 14.2. The minimum absolute atomic E-state index is 0.199. The Hall–Kier alpha value is -2.38. The van der Waals surface area contributed by atoms with E-state index in [9.17, 15) is 13.2 Å². The first-order chi connectivity index (χ1) is 14.0. The van der Waals surface area contributed by atoms with Crippen molar-refractivity contribution in [3.05, 3.63) is 60.2 Å². The number of nitrogens with one attached hydrogen (secondary N) is 1. The lowest BCUT2D eigenvalue weighted by molar-refractivity contribution is 0.131. The summed E-state index contributed by atoms with van der Waals surface area (Å²) >= 11 is 0. The number of hydrogen-bond donors (Lipinski definition) is 1. The third-order valence-electron chi connectivity index (χ3n) is 5.16. The van der Waals surface area contributed by atoms with E-state index in [1.54, 1.807) is 29.2 Å². The Balaban J connectivity index is 1.46. The van der Waals surface area contributed by atoms with Crippen LogP contribution in [0.3, 0.4) is 0 Å². The molecule has 3 rings (SSSR count). The molecule has 1 heterocycles. The molecule has 0 unspecified atom stereocenters. The molecule has 0 bridgehead atoms. The summed E-state index contributed by atoms with van der Waals surface area (Å²) in [5.41, 5.74) is 1.14. The zero-order valence-corrected chi connectivity index (χ0v) is 17.5.